The first-order valence-electron chi connectivity index (χ1n) is 6.90. The van der Waals surface area contributed by atoms with Crippen LogP contribution in [0.25, 0.3) is 0 Å². The molecule has 19 heavy (non-hydrogen) atoms. The summed E-state index contributed by atoms with van der Waals surface area (Å²) < 4.78 is 24.2. The molecular formula is C15H22FNO2. The molecule has 2 atom stereocenters. The van der Waals surface area contributed by atoms with E-state index in [2.05, 4.69) is 12.2 Å². The molecule has 2 rings (SSSR count). The zero-order valence-electron chi connectivity index (χ0n) is 11.6. The van der Waals surface area contributed by atoms with E-state index in [1.807, 2.05) is 0 Å². The van der Waals surface area contributed by atoms with E-state index in [0.717, 1.165) is 37.1 Å². The summed E-state index contributed by atoms with van der Waals surface area (Å²) in [5.41, 5.74) is 0.983. The molecule has 0 aromatic heterocycles. The molecule has 1 N–H and O–H groups in total. The number of methoxy groups -OCH3 is 1. The third-order valence-corrected chi connectivity index (χ3v) is 3.46. The van der Waals surface area contributed by atoms with Crippen molar-refractivity contribution in [3.8, 4) is 5.75 Å². The lowest BCUT2D eigenvalue weighted by atomic mass is 10.0. The van der Waals surface area contributed by atoms with Crippen LogP contribution in [0.5, 0.6) is 5.75 Å². The number of rotatable bonds is 7. The van der Waals surface area contributed by atoms with E-state index in [1.54, 1.807) is 19.2 Å². The Kier molecular flexibility index (Phi) is 5.16. The van der Waals surface area contributed by atoms with Gasteiger partial charge in [0.25, 0.3) is 0 Å². The first kappa shape index (κ1) is 14.3. The minimum Gasteiger partial charge on any atom is -0.490 e. The van der Waals surface area contributed by atoms with Crippen LogP contribution in [0, 0.1) is 5.82 Å². The van der Waals surface area contributed by atoms with Gasteiger partial charge in [0.1, 0.15) is 17.7 Å². The number of benzene rings is 1. The topological polar surface area (TPSA) is 30.5 Å². The summed E-state index contributed by atoms with van der Waals surface area (Å²) in [5, 5.41) is 3.40. The highest BCUT2D eigenvalue weighted by Crippen LogP contribution is 2.31. The molecule has 4 heteroatoms. The lowest BCUT2D eigenvalue weighted by molar-refractivity contribution is 0.149. The Labute approximate surface area is 114 Å². The highest BCUT2D eigenvalue weighted by molar-refractivity contribution is 5.37. The quantitative estimate of drug-likeness (QED) is 0.823. The summed E-state index contributed by atoms with van der Waals surface area (Å²) >= 11 is 0. The fourth-order valence-electron chi connectivity index (χ4n) is 2.57. The molecular weight excluding hydrogens is 245 g/mol. The number of likely N-dealkylation sites (N-methyl/N-ethyl adjacent to an activating group) is 1. The van der Waals surface area contributed by atoms with Crippen LogP contribution in [0.4, 0.5) is 4.39 Å². The van der Waals surface area contributed by atoms with Crippen molar-refractivity contribution in [1.29, 1.82) is 0 Å². The van der Waals surface area contributed by atoms with Gasteiger partial charge in [0.15, 0.2) is 0 Å². The van der Waals surface area contributed by atoms with E-state index in [4.69, 9.17) is 9.47 Å². The fraction of sp³-hybridized carbons (Fsp3) is 0.600. The SMILES string of the molecule is CCNC(CCC1Cc2cc(F)ccc2O1)COC. The molecule has 0 bridgehead atoms. The Bertz CT molecular complexity index is 405. The monoisotopic (exact) mass is 267 g/mol. The highest BCUT2D eigenvalue weighted by Gasteiger charge is 2.23. The second-order valence-corrected chi connectivity index (χ2v) is 4.98. The van der Waals surface area contributed by atoms with Crippen LogP contribution in [0.15, 0.2) is 18.2 Å². The minimum atomic E-state index is -0.187. The normalized spacial score (nSPS) is 19.0. The van der Waals surface area contributed by atoms with Crippen LogP contribution in [0.1, 0.15) is 25.3 Å². The minimum absolute atomic E-state index is 0.162. The van der Waals surface area contributed by atoms with Crippen molar-refractivity contribution in [3.05, 3.63) is 29.6 Å². The Morgan fingerprint density at radius 2 is 2.37 bits per heavy atom. The highest BCUT2D eigenvalue weighted by atomic mass is 19.1. The van der Waals surface area contributed by atoms with Gasteiger partial charge < -0.3 is 14.8 Å². The summed E-state index contributed by atoms with van der Waals surface area (Å²) in [6, 6.07) is 5.11. The molecule has 0 aliphatic carbocycles. The van der Waals surface area contributed by atoms with E-state index >= 15 is 0 Å². The van der Waals surface area contributed by atoms with Crippen molar-refractivity contribution >= 4 is 0 Å². The second kappa shape index (κ2) is 6.87. The van der Waals surface area contributed by atoms with Crippen LogP contribution in [-0.4, -0.2) is 32.4 Å². The van der Waals surface area contributed by atoms with Crippen molar-refractivity contribution < 1.29 is 13.9 Å². The van der Waals surface area contributed by atoms with Gasteiger partial charge in [-0.05, 0) is 37.6 Å². The number of hydrogen-bond acceptors (Lipinski definition) is 3. The van der Waals surface area contributed by atoms with Gasteiger partial charge in [-0.3, -0.25) is 0 Å². The number of halogens is 1. The molecule has 0 spiro atoms. The average Bonchev–Trinajstić information content (AvgIpc) is 2.78. The summed E-state index contributed by atoms with van der Waals surface area (Å²) in [6.45, 7) is 3.74. The lowest BCUT2D eigenvalue weighted by Crippen LogP contribution is -2.34. The Morgan fingerprint density at radius 1 is 1.53 bits per heavy atom. The fourth-order valence-corrected chi connectivity index (χ4v) is 2.57. The predicted molar refractivity (Wildman–Crippen MR) is 73.1 cm³/mol. The molecule has 1 aromatic carbocycles. The number of ether oxygens (including phenoxy) is 2. The van der Waals surface area contributed by atoms with Gasteiger partial charge in [-0.15, -0.1) is 0 Å². The van der Waals surface area contributed by atoms with E-state index < -0.39 is 0 Å². The Hall–Kier alpha value is -1.13. The van der Waals surface area contributed by atoms with E-state index in [-0.39, 0.29) is 11.9 Å². The first-order chi connectivity index (χ1) is 9.22. The Morgan fingerprint density at radius 3 is 3.11 bits per heavy atom. The third kappa shape index (κ3) is 3.91. The molecule has 0 fully saturated rings. The lowest BCUT2D eigenvalue weighted by Gasteiger charge is -2.19. The Balaban J connectivity index is 1.82. The predicted octanol–water partition coefficient (Wildman–Crippen LogP) is 2.53. The van der Waals surface area contributed by atoms with Gasteiger partial charge >= 0.3 is 0 Å². The maximum absolute atomic E-state index is 13.1. The molecule has 1 aromatic rings. The second-order valence-electron chi connectivity index (χ2n) is 4.98. The van der Waals surface area contributed by atoms with Crippen molar-refractivity contribution in [2.75, 3.05) is 20.3 Å². The van der Waals surface area contributed by atoms with E-state index in [1.165, 1.54) is 6.07 Å². The zero-order chi connectivity index (χ0) is 13.7. The van der Waals surface area contributed by atoms with Gasteiger partial charge in [0.2, 0.25) is 0 Å². The molecule has 2 unspecified atom stereocenters. The first-order valence-corrected chi connectivity index (χ1v) is 6.90. The molecule has 106 valence electrons. The summed E-state index contributed by atoms with van der Waals surface area (Å²) in [4.78, 5) is 0. The van der Waals surface area contributed by atoms with Crippen molar-refractivity contribution in [1.82, 2.24) is 5.32 Å². The molecule has 1 aliphatic rings. The van der Waals surface area contributed by atoms with Crippen molar-refractivity contribution in [2.45, 2.75) is 38.3 Å². The van der Waals surface area contributed by atoms with Crippen LogP contribution >= 0.6 is 0 Å². The van der Waals surface area contributed by atoms with Crippen LogP contribution in [0.3, 0.4) is 0 Å². The smallest absolute Gasteiger partial charge is 0.123 e. The largest absolute Gasteiger partial charge is 0.490 e. The van der Waals surface area contributed by atoms with Gasteiger partial charge in [0, 0.05) is 25.1 Å². The van der Waals surface area contributed by atoms with E-state index in [0.29, 0.717) is 12.6 Å². The maximum atomic E-state index is 13.1. The standard InChI is InChI=1S/C15H22FNO2/c1-3-17-13(10-18-2)5-6-14-9-11-8-12(16)4-7-15(11)19-14/h4,7-8,13-14,17H,3,5-6,9-10H2,1-2H3. The van der Waals surface area contributed by atoms with Crippen LogP contribution in [0.2, 0.25) is 0 Å². The van der Waals surface area contributed by atoms with Gasteiger partial charge in [-0.25, -0.2) is 4.39 Å². The molecule has 0 amide bonds. The molecule has 1 aliphatic heterocycles. The van der Waals surface area contributed by atoms with Crippen LogP contribution in [-0.2, 0) is 11.2 Å². The molecule has 1 heterocycles. The van der Waals surface area contributed by atoms with Gasteiger partial charge in [-0.2, -0.15) is 0 Å². The molecule has 0 radical (unpaired) electrons. The van der Waals surface area contributed by atoms with Crippen LogP contribution < -0.4 is 10.1 Å². The number of fused-ring (bicyclic) bond motifs is 1. The average molecular weight is 267 g/mol. The molecule has 3 nitrogen and oxygen atoms in total. The summed E-state index contributed by atoms with van der Waals surface area (Å²) in [5.74, 6) is 0.644. The molecule has 0 saturated heterocycles. The summed E-state index contributed by atoms with van der Waals surface area (Å²) in [7, 11) is 1.72. The van der Waals surface area contributed by atoms with Gasteiger partial charge in [0.05, 0.1) is 6.61 Å². The van der Waals surface area contributed by atoms with E-state index in [9.17, 15) is 4.39 Å². The maximum Gasteiger partial charge on any atom is 0.123 e. The third-order valence-electron chi connectivity index (χ3n) is 3.46. The van der Waals surface area contributed by atoms with Crippen molar-refractivity contribution in [2.24, 2.45) is 0 Å². The zero-order valence-corrected chi connectivity index (χ0v) is 11.6. The summed E-state index contributed by atoms with van der Waals surface area (Å²) in [6.07, 6.45) is 2.92. The van der Waals surface area contributed by atoms with Crippen molar-refractivity contribution in [3.63, 3.8) is 0 Å². The van der Waals surface area contributed by atoms with Gasteiger partial charge in [-0.1, -0.05) is 6.92 Å². The number of hydrogen-bond donors (Lipinski definition) is 1. The number of nitrogens with one attached hydrogen (secondary N) is 1. The molecule has 0 saturated carbocycles.